The molecule has 2 heterocycles. The molecule has 27 heavy (non-hydrogen) atoms. The smallest absolute Gasteiger partial charge is 0.257 e. The van der Waals surface area contributed by atoms with E-state index >= 15 is 0 Å². The zero-order valence-electron chi connectivity index (χ0n) is 15.0. The van der Waals surface area contributed by atoms with Crippen LogP contribution in [0, 0.1) is 13.8 Å². The first-order valence-corrected chi connectivity index (χ1v) is 9.38. The van der Waals surface area contributed by atoms with Crippen LogP contribution in [-0.4, -0.2) is 25.0 Å². The summed E-state index contributed by atoms with van der Waals surface area (Å²) in [5, 5.41) is 13.0. The Balaban J connectivity index is 1.46. The SMILES string of the molecule is Cc1ccc(-c2nc(CSc3nnc(-c4ccc(C)cc4)n3N)no2)cc1. The number of nitrogens with two attached hydrogens (primary N) is 1. The number of benzene rings is 2. The summed E-state index contributed by atoms with van der Waals surface area (Å²) in [4.78, 5) is 4.43. The van der Waals surface area contributed by atoms with E-state index in [1.807, 2.05) is 62.4 Å². The predicted molar refractivity (Wildman–Crippen MR) is 104 cm³/mol. The fourth-order valence-electron chi connectivity index (χ4n) is 2.53. The van der Waals surface area contributed by atoms with Crippen molar-refractivity contribution < 1.29 is 4.52 Å². The molecule has 8 heteroatoms. The van der Waals surface area contributed by atoms with E-state index in [0.29, 0.717) is 28.4 Å². The van der Waals surface area contributed by atoms with Gasteiger partial charge >= 0.3 is 0 Å². The Bertz CT molecular complexity index is 1050. The third-order valence-corrected chi connectivity index (χ3v) is 5.01. The third-order valence-electron chi connectivity index (χ3n) is 4.07. The van der Waals surface area contributed by atoms with Gasteiger partial charge in [-0.25, -0.2) is 4.68 Å². The van der Waals surface area contributed by atoms with Crippen molar-refractivity contribution >= 4 is 11.8 Å². The molecule has 0 bridgehead atoms. The molecule has 0 aliphatic rings. The van der Waals surface area contributed by atoms with Gasteiger partial charge in [-0.3, -0.25) is 0 Å². The van der Waals surface area contributed by atoms with Crippen LogP contribution in [0.15, 0.2) is 58.2 Å². The third kappa shape index (κ3) is 3.70. The van der Waals surface area contributed by atoms with Crippen molar-refractivity contribution in [3.05, 3.63) is 65.5 Å². The Kier molecular flexibility index (Phi) is 4.64. The first kappa shape index (κ1) is 17.3. The van der Waals surface area contributed by atoms with Gasteiger partial charge in [-0.05, 0) is 26.0 Å². The molecule has 0 unspecified atom stereocenters. The number of thioether (sulfide) groups is 1. The van der Waals surface area contributed by atoms with Gasteiger partial charge in [0.2, 0.25) is 5.16 Å². The van der Waals surface area contributed by atoms with Gasteiger partial charge in [0.1, 0.15) is 0 Å². The zero-order valence-corrected chi connectivity index (χ0v) is 15.8. The Morgan fingerprint density at radius 2 is 1.56 bits per heavy atom. The minimum Gasteiger partial charge on any atom is -0.335 e. The summed E-state index contributed by atoms with van der Waals surface area (Å²) in [6.45, 7) is 4.07. The Morgan fingerprint density at radius 1 is 0.926 bits per heavy atom. The first-order chi connectivity index (χ1) is 13.1. The first-order valence-electron chi connectivity index (χ1n) is 8.40. The Morgan fingerprint density at radius 3 is 2.22 bits per heavy atom. The molecule has 0 aliphatic heterocycles. The van der Waals surface area contributed by atoms with Crippen LogP contribution in [0.3, 0.4) is 0 Å². The molecule has 0 spiro atoms. The predicted octanol–water partition coefficient (Wildman–Crippen LogP) is 3.62. The van der Waals surface area contributed by atoms with E-state index in [9.17, 15) is 0 Å². The molecule has 7 nitrogen and oxygen atoms in total. The molecule has 4 aromatic rings. The van der Waals surface area contributed by atoms with Crippen LogP contribution >= 0.6 is 11.8 Å². The Labute approximate surface area is 160 Å². The van der Waals surface area contributed by atoms with Crippen LogP contribution in [0.4, 0.5) is 0 Å². The van der Waals surface area contributed by atoms with Gasteiger partial charge in [0.25, 0.3) is 5.89 Å². The average molecular weight is 378 g/mol. The highest BCUT2D eigenvalue weighted by Gasteiger charge is 2.14. The van der Waals surface area contributed by atoms with E-state index in [2.05, 4.69) is 20.3 Å². The number of aromatic nitrogens is 5. The van der Waals surface area contributed by atoms with Crippen LogP contribution < -0.4 is 5.84 Å². The molecular formula is C19H18N6OS. The van der Waals surface area contributed by atoms with Gasteiger partial charge in [-0.15, -0.1) is 10.2 Å². The number of rotatable bonds is 5. The fraction of sp³-hybridized carbons (Fsp3) is 0.158. The highest BCUT2D eigenvalue weighted by Crippen LogP contribution is 2.25. The van der Waals surface area contributed by atoms with Crippen molar-refractivity contribution in [3.63, 3.8) is 0 Å². The molecule has 2 N–H and O–H groups in total. The van der Waals surface area contributed by atoms with E-state index in [0.717, 1.165) is 11.1 Å². The molecular weight excluding hydrogens is 360 g/mol. The van der Waals surface area contributed by atoms with Gasteiger partial charge in [-0.2, -0.15) is 4.98 Å². The summed E-state index contributed by atoms with van der Waals surface area (Å²) in [6.07, 6.45) is 0. The van der Waals surface area contributed by atoms with E-state index < -0.39 is 0 Å². The van der Waals surface area contributed by atoms with E-state index in [4.69, 9.17) is 10.4 Å². The van der Waals surface area contributed by atoms with Crippen molar-refractivity contribution in [1.82, 2.24) is 25.0 Å². The minimum atomic E-state index is 0.485. The fourth-order valence-corrected chi connectivity index (χ4v) is 3.23. The molecule has 0 saturated heterocycles. The molecule has 0 amide bonds. The quantitative estimate of drug-likeness (QED) is 0.418. The molecule has 2 aromatic carbocycles. The molecule has 136 valence electrons. The molecule has 0 saturated carbocycles. The number of nitrogen functional groups attached to an aromatic ring is 1. The van der Waals surface area contributed by atoms with Crippen molar-refractivity contribution in [1.29, 1.82) is 0 Å². The summed E-state index contributed by atoms with van der Waals surface area (Å²) in [7, 11) is 0. The molecule has 0 radical (unpaired) electrons. The average Bonchev–Trinajstić information content (AvgIpc) is 3.28. The van der Waals surface area contributed by atoms with Gasteiger partial charge < -0.3 is 10.4 Å². The highest BCUT2D eigenvalue weighted by atomic mass is 32.2. The lowest BCUT2D eigenvalue weighted by molar-refractivity contribution is 0.425. The monoisotopic (exact) mass is 378 g/mol. The molecule has 0 atom stereocenters. The van der Waals surface area contributed by atoms with E-state index in [1.165, 1.54) is 27.6 Å². The maximum atomic E-state index is 6.15. The van der Waals surface area contributed by atoms with Gasteiger partial charge in [-0.1, -0.05) is 64.4 Å². The van der Waals surface area contributed by atoms with Crippen LogP contribution in [0.25, 0.3) is 22.8 Å². The van der Waals surface area contributed by atoms with Gasteiger partial charge in [0.05, 0.1) is 5.75 Å². The maximum Gasteiger partial charge on any atom is 0.257 e. The number of hydrogen-bond donors (Lipinski definition) is 1. The summed E-state index contributed by atoms with van der Waals surface area (Å²) in [6, 6.07) is 15.9. The van der Waals surface area contributed by atoms with Crippen LogP contribution in [0.1, 0.15) is 17.0 Å². The van der Waals surface area contributed by atoms with Crippen LogP contribution in [0.2, 0.25) is 0 Å². The lowest BCUT2D eigenvalue weighted by Gasteiger charge is -2.03. The van der Waals surface area contributed by atoms with Gasteiger partial charge in [0, 0.05) is 11.1 Å². The largest absolute Gasteiger partial charge is 0.335 e. The zero-order chi connectivity index (χ0) is 18.8. The topological polar surface area (TPSA) is 95.7 Å². The molecule has 4 rings (SSSR count). The highest BCUT2D eigenvalue weighted by molar-refractivity contribution is 7.98. The normalized spacial score (nSPS) is 11.0. The van der Waals surface area contributed by atoms with Gasteiger partial charge in [0.15, 0.2) is 11.6 Å². The summed E-state index contributed by atoms with van der Waals surface area (Å²) in [5.41, 5.74) is 4.18. The second kappa shape index (κ2) is 7.24. The number of aryl methyl sites for hydroxylation is 2. The second-order valence-corrected chi connectivity index (χ2v) is 7.16. The molecule has 2 aromatic heterocycles. The van der Waals surface area contributed by atoms with Crippen molar-refractivity contribution in [2.24, 2.45) is 0 Å². The summed E-state index contributed by atoms with van der Waals surface area (Å²) >= 11 is 1.41. The second-order valence-electron chi connectivity index (χ2n) is 6.21. The van der Waals surface area contributed by atoms with Crippen molar-refractivity contribution in [2.75, 3.05) is 5.84 Å². The molecule has 0 aliphatic carbocycles. The lowest BCUT2D eigenvalue weighted by Crippen LogP contribution is -2.11. The van der Waals surface area contributed by atoms with Crippen LogP contribution in [-0.2, 0) is 5.75 Å². The van der Waals surface area contributed by atoms with Crippen LogP contribution in [0.5, 0.6) is 0 Å². The van der Waals surface area contributed by atoms with Crippen molar-refractivity contribution in [2.45, 2.75) is 24.8 Å². The number of hydrogen-bond acceptors (Lipinski definition) is 7. The maximum absolute atomic E-state index is 6.15. The summed E-state index contributed by atoms with van der Waals surface area (Å²) < 4.78 is 6.83. The van der Waals surface area contributed by atoms with E-state index in [-0.39, 0.29) is 0 Å². The van der Waals surface area contributed by atoms with E-state index in [1.54, 1.807) is 0 Å². The lowest BCUT2D eigenvalue weighted by atomic mass is 10.1. The molecule has 0 fully saturated rings. The standard InChI is InChI=1S/C19H18N6OS/c1-12-3-7-14(8-4-12)17-22-23-19(25(17)20)27-11-16-21-18(26-24-16)15-9-5-13(2)6-10-15/h3-10H,11,20H2,1-2H3. The summed E-state index contributed by atoms with van der Waals surface area (Å²) in [5.74, 6) is 8.34. The number of nitrogens with zero attached hydrogens (tertiary/aromatic N) is 5. The minimum absolute atomic E-state index is 0.485. The Hall–Kier alpha value is -3.13. The van der Waals surface area contributed by atoms with Crippen molar-refractivity contribution in [3.8, 4) is 22.8 Å².